The normalized spacial score (nSPS) is 11.6. The van der Waals surface area contributed by atoms with E-state index in [0.29, 0.717) is 11.1 Å². The SMILES string of the molecule is CCc1cccc(C)c1NC(=O)CN(Cc1ccccc1)S(=O)(=O)c1c(C)cc(C)cc1C. The summed E-state index contributed by atoms with van der Waals surface area (Å²) < 4.78 is 28.9. The van der Waals surface area contributed by atoms with E-state index in [1.807, 2.05) is 81.4 Å². The largest absolute Gasteiger partial charge is 0.324 e. The van der Waals surface area contributed by atoms with Crippen molar-refractivity contribution in [2.24, 2.45) is 0 Å². The summed E-state index contributed by atoms with van der Waals surface area (Å²) >= 11 is 0. The molecule has 0 bridgehead atoms. The lowest BCUT2D eigenvalue weighted by Gasteiger charge is -2.24. The van der Waals surface area contributed by atoms with Gasteiger partial charge in [0.1, 0.15) is 0 Å². The molecule has 0 saturated heterocycles. The minimum Gasteiger partial charge on any atom is -0.324 e. The van der Waals surface area contributed by atoms with Crippen molar-refractivity contribution in [3.05, 3.63) is 94.0 Å². The topological polar surface area (TPSA) is 66.5 Å². The Morgan fingerprint density at radius 1 is 0.879 bits per heavy atom. The van der Waals surface area contributed by atoms with Gasteiger partial charge in [0, 0.05) is 12.2 Å². The van der Waals surface area contributed by atoms with Gasteiger partial charge in [-0.25, -0.2) is 8.42 Å². The van der Waals surface area contributed by atoms with Crippen LogP contribution in [0, 0.1) is 27.7 Å². The molecule has 174 valence electrons. The van der Waals surface area contributed by atoms with Crippen molar-refractivity contribution in [1.29, 1.82) is 0 Å². The molecule has 0 radical (unpaired) electrons. The van der Waals surface area contributed by atoms with E-state index in [4.69, 9.17) is 0 Å². The summed E-state index contributed by atoms with van der Waals surface area (Å²) in [6.45, 7) is 9.34. The molecule has 0 spiro atoms. The van der Waals surface area contributed by atoms with Crippen LogP contribution in [0.3, 0.4) is 0 Å². The van der Waals surface area contributed by atoms with E-state index in [0.717, 1.165) is 34.4 Å². The maximum atomic E-state index is 13.8. The molecule has 0 fully saturated rings. The lowest BCUT2D eigenvalue weighted by atomic mass is 10.1. The van der Waals surface area contributed by atoms with Crippen molar-refractivity contribution >= 4 is 21.6 Å². The van der Waals surface area contributed by atoms with Gasteiger partial charge in [-0.3, -0.25) is 4.79 Å². The molecule has 5 nitrogen and oxygen atoms in total. The van der Waals surface area contributed by atoms with Crippen LogP contribution in [0.4, 0.5) is 5.69 Å². The van der Waals surface area contributed by atoms with Gasteiger partial charge >= 0.3 is 0 Å². The first kappa shape index (κ1) is 24.7. The Balaban J connectivity index is 1.98. The number of hydrogen-bond acceptors (Lipinski definition) is 3. The fraction of sp³-hybridized carbons (Fsp3) is 0.296. The summed E-state index contributed by atoms with van der Waals surface area (Å²) in [6, 6.07) is 18.9. The van der Waals surface area contributed by atoms with Gasteiger partial charge in [0.25, 0.3) is 0 Å². The first-order chi connectivity index (χ1) is 15.6. The maximum absolute atomic E-state index is 13.8. The number of benzene rings is 3. The van der Waals surface area contributed by atoms with Gasteiger partial charge in [0.05, 0.1) is 11.4 Å². The van der Waals surface area contributed by atoms with E-state index in [-0.39, 0.29) is 23.9 Å². The van der Waals surface area contributed by atoms with Crippen molar-refractivity contribution in [1.82, 2.24) is 4.31 Å². The molecule has 3 aromatic carbocycles. The van der Waals surface area contributed by atoms with E-state index in [1.54, 1.807) is 13.8 Å². The molecule has 3 aromatic rings. The molecule has 1 N–H and O–H groups in total. The highest BCUT2D eigenvalue weighted by Crippen LogP contribution is 2.27. The Kier molecular flexibility index (Phi) is 7.72. The highest BCUT2D eigenvalue weighted by atomic mass is 32.2. The highest BCUT2D eigenvalue weighted by molar-refractivity contribution is 7.89. The number of para-hydroxylation sites is 1. The van der Waals surface area contributed by atoms with E-state index < -0.39 is 10.0 Å². The summed E-state index contributed by atoms with van der Waals surface area (Å²) in [6.07, 6.45) is 0.769. The van der Waals surface area contributed by atoms with E-state index >= 15 is 0 Å². The molecule has 1 amide bonds. The Morgan fingerprint density at radius 3 is 2.12 bits per heavy atom. The lowest BCUT2D eigenvalue weighted by molar-refractivity contribution is -0.116. The van der Waals surface area contributed by atoms with Crippen molar-refractivity contribution in [3.63, 3.8) is 0 Å². The maximum Gasteiger partial charge on any atom is 0.244 e. The Morgan fingerprint density at radius 2 is 1.52 bits per heavy atom. The number of carbonyl (C=O) groups excluding carboxylic acids is 1. The predicted molar refractivity (Wildman–Crippen MR) is 134 cm³/mol. The van der Waals surface area contributed by atoms with Crippen LogP contribution in [0.1, 0.15) is 40.3 Å². The molecule has 6 heteroatoms. The van der Waals surface area contributed by atoms with Crippen LogP contribution in [0.15, 0.2) is 65.6 Å². The zero-order chi connectivity index (χ0) is 24.2. The zero-order valence-electron chi connectivity index (χ0n) is 20.0. The van der Waals surface area contributed by atoms with Gasteiger partial charge in [-0.05, 0) is 61.9 Å². The van der Waals surface area contributed by atoms with Gasteiger partial charge in [0.2, 0.25) is 15.9 Å². The second-order valence-corrected chi connectivity index (χ2v) is 10.4. The number of nitrogens with one attached hydrogen (secondary N) is 1. The van der Waals surface area contributed by atoms with Gasteiger partial charge in [-0.2, -0.15) is 4.31 Å². The smallest absolute Gasteiger partial charge is 0.244 e. The third kappa shape index (κ3) is 5.70. The number of anilines is 1. The van der Waals surface area contributed by atoms with Crippen LogP contribution >= 0.6 is 0 Å². The summed E-state index contributed by atoms with van der Waals surface area (Å²) in [7, 11) is -3.92. The number of carbonyl (C=O) groups is 1. The van der Waals surface area contributed by atoms with Crippen LogP contribution in [-0.4, -0.2) is 25.2 Å². The minimum atomic E-state index is -3.92. The fourth-order valence-electron chi connectivity index (χ4n) is 4.26. The molecule has 0 aliphatic rings. The zero-order valence-corrected chi connectivity index (χ0v) is 20.8. The van der Waals surface area contributed by atoms with Crippen molar-refractivity contribution in [3.8, 4) is 0 Å². The molecular weight excluding hydrogens is 432 g/mol. The van der Waals surface area contributed by atoms with E-state index in [1.165, 1.54) is 4.31 Å². The molecule has 0 aromatic heterocycles. The average molecular weight is 465 g/mol. The number of aryl methyl sites for hydroxylation is 5. The van der Waals surface area contributed by atoms with Crippen molar-refractivity contribution in [2.45, 2.75) is 52.5 Å². The third-order valence-electron chi connectivity index (χ3n) is 5.73. The van der Waals surface area contributed by atoms with Gasteiger partial charge in [0.15, 0.2) is 0 Å². The standard InChI is InChI=1S/C27H32N2O3S/c1-6-24-14-10-11-20(3)26(24)28-25(30)18-29(17-23-12-8-7-9-13-23)33(31,32)27-21(4)15-19(2)16-22(27)5/h7-16H,6,17-18H2,1-5H3,(H,28,30). The van der Waals surface area contributed by atoms with Gasteiger partial charge < -0.3 is 5.32 Å². The predicted octanol–water partition coefficient (Wildman–Crippen LogP) is 5.31. The fourth-order valence-corrected chi connectivity index (χ4v) is 6.05. The summed E-state index contributed by atoms with van der Waals surface area (Å²) in [5.74, 6) is -0.360. The molecule has 0 atom stereocenters. The summed E-state index contributed by atoms with van der Waals surface area (Å²) in [4.78, 5) is 13.4. The molecule has 0 unspecified atom stereocenters. The van der Waals surface area contributed by atoms with Crippen LogP contribution in [0.25, 0.3) is 0 Å². The second kappa shape index (κ2) is 10.3. The highest BCUT2D eigenvalue weighted by Gasteiger charge is 2.30. The number of amides is 1. The van der Waals surface area contributed by atoms with Crippen LogP contribution in [-0.2, 0) is 27.8 Å². The molecule has 3 rings (SSSR count). The summed E-state index contributed by atoms with van der Waals surface area (Å²) in [5.41, 5.74) is 5.90. The quantitative estimate of drug-likeness (QED) is 0.491. The van der Waals surface area contributed by atoms with Gasteiger partial charge in [-0.15, -0.1) is 0 Å². The molecular formula is C27H32N2O3S. The first-order valence-corrected chi connectivity index (χ1v) is 12.6. The average Bonchev–Trinajstić information content (AvgIpc) is 2.74. The molecule has 33 heavy (non-hydrogen) atoms. The molecule has 0 aliphatic heterocycles. The number of hydrogen-bond donors (Lipinski definition) is 1. The van der Waals surface area contributed by atoms with Gasteiger partial charge in [-0.1, -0.05) is 73.2 Å². The third-order valence-corrected chi connectivity index (χ3v) is 7.83. The number of sulfonamides is 1. The first-order valence-electron chi connectivity index (χ1n) is 11.1. The van der Waals surface area contributed by atoms with Crippen LogP contribution in [0.2, 0.25) is 0 Å². The molecule has 0 heterocycles. The molecule has 0 aliphatic carbocycles. The minimum absolute atomic E-state index is 0.109. The summed E-state index contributed by atoms with van der Waals surface area (Å²) in [5, 5.41) is 2.96. The Bertz CT molecular complexity index is 1230. The monoisotopic (exact) mass is 464 g/mol. The van der Waals surface area contributed by atoms with Crippen LogP contribution < -0.4 is 5.32 Å². The second-order valence-electron chi connectivity index (χ2n) is 8.50. The van der Waals surface area contributed by atoms with Crippen molar-refractivity contribution in [2.75, 3.05) is 11.9 Å². The lowest BCUT2D eigenvalue weighted by Crippen LogP contribution is -2.38. The van der Waals surface area contributed by atoms with E-state index in [2.05, 4.69) is 5.32 Å². The van der Waals surface area contributed by atoms with Crippen LogP contribution in [0.5, 0.6) is 0 Å². The van der Waals surface area contributed by atoms with Crippen molar-refractivity contribution < 1.29 is 13.2 Å². The number of nitrogens with zero attached hydrogens (tertiary/aromatic N) is 1. The Labute approximate surface area is 197 Å². The van der Waals surface area contributed by atoms with E-state index in [9.17, 15) is 13.2 Å². The molecule has 0 saturated carbocycles. The number of rotatable bonds is 8. The Hall–Kier alpha value is -2.96.